The van der Waals surface area contributed by atoms with Crippen molar-refractivity contribution in [3.8, 4) is 17.2 Å². The summed E-state index contributed by atoms with van der Waals surface area (Å²) >= 11 is 0. The lowest BCUT2D eigenvalue weighted by molar-refractivity contribution is -0.385. The predicted molar refractivity (Wildman–Crippen MR) is 71.0 cm³/mol. The molecule has 0 fully saturated rings. The second-order valence-corrected chi connectivity index (χ2v) is 4.33. The smallest absolute Gasteiger partial charge is 0.457 e. The summed E-state index contributed by atoms with van der Waals surface area (Å²) in [5.74, 6) is -0.0223. The van der Waals surface area contributed by atoms with Crippen molar-refractivity contribution in [3.63, 3.8) is 0 Å². The number of nitrogens with zero attached hydrogens (tertiary/aromatic N) is 1. The second kappa shape index (κ2) is 5.92. The van der Waals surface area contributed by atoms with Crippen LogP contribution in [0.4, 0.5) is 18.9 Å². The molecule has 2 aromatic rings. The Hall–Kier alpha value is -2.77. The number of alkyl halides is 3. The summed E-state index contributed by atoms with van der Waals surface area (Å²) in [4.78, 5) is 10.2. The summed E-state index contributed by atoms with van der Waals surface area (Å²) in [7, 11) is 0. The molecular formula is C14H10F3NO4. The minimum absolute atomic E-state index is 0.0681. The maximum Gasteiger partial charge on any atom is 0.573 e. The van der Waals surface area contributed by atoms with Crippen LogP contribution in [0.2, 0.25) is 0 Å². The number of nitro benzene ring substituents is 1. The molecule has 0 aromatic heterocycles. The summed E-state index contributed by atoms with van der Waals surface area (Å²) < 4.78 is 45.6. The maximum atomic E-state index is 12.1. The van der Waals surface area contributed by atoms with Gasteiger partial charge in [-0.25, -0.2) is 0 Å². The van der Waals surface area contributed by atoms with Crippen molar-refractivity contribution in [2.75, 3.05) is 0 Å². The zero-order valence-electron chi connectivity index (χ0n) is 11.3. The Balaban J connectivity index is 2.19. The van der Waals surface area contributed by atoms with Gasteiger partial charge in [0.05, 0.1) is 4.92 Å². The summed E-state index contributed by atoms with van der Waals surface area (Å²) in [5.41, 5.74) is 0.312. The van der Waals surface area contributed by atoms with Gasteiger partial charge >= 0.3 is 6.36 Å². The van der Waals surface area contributed by atoms with Crippen molar-refractivity contribution in [3.05, 3.63) is 58.1 Å². The van der Waals surface area contributed by atoms with Crippen molar-refractivity contribution in [1.29, 1.82) is 0 Å². The fourth-order valence-corrected chi connectivity index (χ4v) is 1.77. The lowest BCUT2D eigenvalue weighted by atomic mass is 10.2. The molecule has 0 aliphatic heterocycles. The third kappa shape index (κ3) is 4.11. The number of hydrogen-bond acceptors (Lipinski definition) is 4. The Morgan fingerprint density at radius 3 is 2.27 bits per heavy atom. The van der Waals surface area contributed by atoms with E-state index >= 15 is 0 Å². The number of rotatable bonds is 4. The Morgan fingerprint density at radius 1 is 1.05 bits per heavy atom. The van der Waals surface area contributed by atoms with Crippen LogP contribution in [0.15, 0.2) is 42.5 Å². The van der Waals surface area contributed by atoms with E-state index in [1.807, 2.05) is 0 Å². The van der Waals surface area contributed by atoms with Gasteiger partial charge < -0.3 is 9.47 Å². The summed E-state index contributed by atoms with van der Waals surface area (Å²) in [6.07, 6.45) is -4.79. The molecule has 0 saturated carbocycles. The van der Waals surface area contributed by atoms with E-state index < -0.39 is 17.0 Å². The first-order chi connectivity index (χ1) is 10.2. The van der Waals surface area contributed by atoms with Gasteiger partial charge in [0.1, 0.15) is 17.2 Å². The zero-order valence-corrected chi connectivity index (χ0v) is 11.3. The molecule has 0 heterocycles. The van der Waals surface area contributed by atoms with Crippen LogP contribution in [0.5, 0.6) is 17.2 Å². The van der Waals surface area contributed by atoms with E-state index in [2.05, 4.69) is 4.74 Å². The molecule has 0 aliphatic rings. The highest BCUT2D eigenvalue weighted by Crippen LogP contribution is 2.30. The molecule has 2 rings (SSSR count). The normalized spacial score (nSPS) is 11.1. The average Bonchev–Trinajstić information content (AvgIpc) is 2.36. The Kier molecular flexibility index (Phi) is 4.20. The van der Waals surface area contributed by atoms with Gasteiger partial charge in [0.2, 0.25) is 0 Å². The monoisotopic (exact) mass is 313 g/mol. The van der Waals surface area contributed by atoms with Crippen LogP contribution in [0.25, 0.3) is 0 Å². The lowest BCUT2D eigenvalue weighted by Crippen LogP contribution is -2.17. The highest BCUT2D eigenvalue weighted by molar-refractivity contribution is 5.46. The first-order valence-electron chi connectivity index (χ1n) is 6.03. The van der Waals surface area contributed by atoms with Gasteiger partial charge in [0.15, 0.2) is 0 Å². The Morgan fingerprint density at radius 2 is 1.68 bits per heavy atom. The molecule has 116 valence electrons. The molecular weight excluding hydrogens is 303 g/mol. The third-order valence-electron chi connectivity index (χ3n) is 2.64. The van der Waals surface area contributed by atoms with Gasteiger partial charge in [-0.1, -0.05) is 6.07 Å². The number of aryl methyl sites for hydroxylation is 1. The largest absolute Gasteiger partial charge is 0.573 e. The topological polar surface area (TPSA) is 61.6 Å². The SMILES string of the molecule is Cc1cc(Oc2cccc(OC(F)(F)F)c2)ccc1[N+](=O)[O-]. The first-order valence-corrected chi connectivity index (χ1v) is 6.03. The molecule has 0 N–H and O–H groups in total. The van der Waals surface area contributed by atoms with Crippen LogP contribution >= 0.6 is 0 Å². The van der Waals surface area contributed by atoms with E-state index in [0.717, 1.165) is 12.1 Å². The molecule has 0 spiro atoms. The maximum absolute atomic E-state index is 12.1. The summed E-state index contributed by atoms with van der Waals surface area (Å²) in [6.45, 7) is 1.54. The van der Waals surface area contributed by atoms with E-state index in [4.69, 9.17) is 4.74 Å². The van der Waals surface area contributed by atoms with Gasteiger partial charge in [-0.3, -0.25) is 10.1 Å². The number of ether oxygens (including phenoxy) is 2. The Labute approximate surface area is 123 Å². The Bertz CT molecular complexity index is 701. The predicted octanol–water partition coefficient (Wildman–Crippen LogP) is 4.59. The third-order valence-corrected chi connectivity index (χ3v) is 2.64. The lowest BCUT2D eigenvalue weighted by Gasteiger charge is -2.11. The molecule has 0 bridgehead atoms. The van der Waals surface area contributed by atoms with Gasteiger partial charge in [-0.15, -0.1) is 13.2 Å². The van der Waals surface area contributed by atoms with Crippen LogP contribution in [-0.4, -0.2) is 11.3 Å². The van der Waals surface area contributed by atoms with Crippen LogP contribution in [-0.2, 0) is 0 Å². The molecule has 0 amide bonds. The van der Waals surface area contributed by atoms with Crippen molar-refractivity contribution in [2.45, 2.75) is 13.3 Å². The van der Waals surface area contributed by atoms with Crippen LogP contribution < -0.4 is 9.47 Å². The van der Waals surface area contributed by atoms with E-state index in [1.165, 1.54) is 37.3 Å². The van der Waals surface area contributed by atoms with Crippen LogP contribution in [0, 0.1) is 17.0 Å². The fourth-order valence-electron chi connectivity index (χ4n) is 1.77. The van der Waals surface area contributed by atoms with Crippen molar-refractivity contribution in [1.82, 2.24) is 0 Å². The minimum atomic E-state index is -4.79. The molecule has 2 aromatic carbocycles. The van der Waals surface area contributed by atoms with Gasteiger partial charge in [0.25, 0.3) is 5.69 Å². The second-order valence-electron chi connectivity index (χ2n) is 4.33. The van der Waals surface area contributed by atoms with Crippen LogP contribution in [0.3, 0.4) is 0 Å². The molecule has 0 aliphatic carbocycles. The van der Waals surface area contributed by atoms with Gasteiger partial charge in [-0.2, -0.15) is 0 Å². The first kappa shape index (κ1) is 15.6. The van der Waals surface area contributed by atoms with Crippen molar-refractivity contribution >= 4 is 5.69 Å². The average molecular weight is 313 g/mol. The van der Waals surface area contributed by atoms with E-state index in [9.17, 15) is 23.3 Å². The molecule has 0 radical (unpaired) electrons. The fraction of sp³-hybridized carbons (Fsp3) is 0.143. The van der Waals surface area contributed by atoms with Crippen LogP contribution in [0.1, 0.15) is 5.56 Å². The van der Waals surface area contributed by atoms with Crippen molar-refractivity contribution < 1.29 is 27.6 Å². The van der Waals surface area contributed by atoms with Gasteiger partial charge in [-0.05, 0) is 31.2 Å². The molecule has 8 heteroatoms. The van der Waals surface area contributed by atoms with Gasteiger partial charge in [0, 0.05) is 17.7 Å². The molecule has 0 saturated heterocycles. The zero-order chi connectivity index (χ0) is 16.3. The number of nitro groups is 1. The highest BCUT2D eigenvalue weighted by Gasteiger charge is 2.31. The van der Waals surface area contributed by atoms with Crippen molar-refractivity contribution in [2.24, 2.45) is 0 Å². The number of halogens is 3. The standard InChI is InChI=1S/C14H10F3NO4/c1-9-7-11(5-6-13(9)18(19)20)21-10-3-2-4-12(8-10)22-14(15,16)17/h2-8H,1H3. The summed E-state index contributed by atoms with van der Waals surface area (Å²) in [5, 5.41) is 10.7. The number of benzene rings is 2. The van der Waals surface area contributed by atoms with E-state index in [1.54, 1.807) is 0 Å². The molecule has 0 unspecified atom stereocenters. The quantitative estimate of drug-likeness (QED) is 0.611. The highest BCUT2D eigenvalue weighted by atomic mass is 19.4. The van der Waals surface area contributed by atoms with E-state index in [0.29, 0.717) is 5.56 Å². The molecule has 0 atom stereocenters. The number of hydrogen-bond donors (Lipinski definition) is 0. The molecule has 22 heavy (non-hydrogen) atoms. The minimum Gasteiger partial charge on any atom is -0.457 e. The molecule has 5 nitrogen and oxygen atoms in total. The van der Waals surface area contributed by atoms with E-state index in [-0.39, 0.29) is 17.2 Å². The summed E-state index contributed by atoms with van der Waals surface area (Å²) in [6, 6.07) is 9.05.